The quantitative estimate of drug-likeness (QED) is 0.837. The number of aromatic nitrogens is 2. The van der Waals surface area contributed by atoms with Crippen LogP contribution in [0.15, 0.2) is 42.7 Å². The average Bonchev–Trinajstić information content (AvgIpc) is 3.11. The third-order valence-electron chi connectivity index (χ3n) is 4.86. The van der Waals surface area contributed by atoms with Gasteiger partial charge < -0.3 is 15.0 Å². The summed E-state index contributed by atoms with van der Waals surface area (Å²) in [6.45, 7) is 2.73. The molecule has 0 aliphatic carbocycles. The second-order valence-electron chi connectivity index (χ2n) is 6.75. The molecule has 0 saturated carbocycles. The van der Waals surface area contributed by atoms with Crippen molar-refractivity contribution in [1.82, 2.24) is 20.0 Å². The van der Waals surface area contributed by atoms with Gasteiger partial charge in [-0.1, -0.05) is 18.2 Å². The fourth-order valence-electron chi connectivity index (χ4n) is 3.52. The summed E-state index contributed by atoms with van der Waals surface area (Å²) in [4.78, 5) is 14.9. The van der Waals surface area contributed by atoms with Crippen molar-refractivity contribution in [3.05, 3.63) is 48.3 Å². The molecular formula is C19H27ClN4O2. The van der Waals surface area contributed by atoms with Crippen molar-refractivity contribution >= 4 is 18.3 Å². The van der Waals surface area contributed by atoms with Crippen molar-refractivity contribution in [1.29, 1.82) is 0 Å². The topological polar surface area (TPSA) is 59.4 Å². The molecule has 2 heterocycles. The van der Waals surface area contributed by atoms with Gasteiger partial charge in [0.25, 0.3) is 0 Å². The fourth-order valence-corrected chi connectivity index (χ4v) is 3.52. The lowest BCUT2D eigenvalue weighted by Gasteiger charge is -2.38. The highest BCUT2D eigenvalue weighted by molar-refractivity contribution is 5.85. The summed E-state index contributed by atoms with van der Waals surface area (Å²) in [5, 5.41) is 7.73. The van der Waals surface area contributed by atoms with E-state index in [4.69, 9.17) is 4.74 Å². The second kappa shape index (κ2) is 9.16. The largest absolute Gasteiger partial charge is 0.384 e. The molecule has 1 aromatic carbocycles. The maximum atomic E-state index is 13.1. The third kappa shape index (κ3) is 4.44. The molecule has 0 radical (unpaired) electrons. The number of amides is 1. The Labute approximate surface area is 160 Å². The van der Waals surface area contributed by atoms with Crippen molar-refractivity contribution in [3.8, 4) is 5.69 Å². The minimum Gasteiger partial charge on any atom is -0.384 e. The van der Waals surface area contributed by atoms with Crippen molar-refractivity contribution < 1.29 is 9.53 Å². The molecule has 1 aromatic heterocycles. The van der Waals surface area contributed by atoms with Crippen molar-refractivity contribution in [2.75, 3.05) is 33.9 Å². The monoisotopic (exact) mass is 378 g/mol. The molecule has 26 heavy (non-hydrogen) atoms. The van der Waals surface area contributed by atoms with Crippen LogP contribution in [0.2, 0.25) is 0 Å². The molecule has 1 N–H and O–H groups in total. The molecule has 6 nitrogen and oxygen atoms in total. The number of hydrogen-bond donors (Lipinski definition) is 1. The average molecular weight is 379 g/mol. The number of piperidine rings is 1. The zero-order valence-corrected chi connectivity index (χ0v) is 16.2. The van der Waals surface area contributed by atoms with Crippen LogP contribution in [-0.4, -0.2) is 54.4 Å². The maximum Gasteiger partial charge on any atom is 0.231 e. The number of hydrogen-bond acceptors (Lipinski definition) is 4. The molecule has 0 atom stereocenters. The minimum atomic E-state index is -0.413. The van der Waals surface area contributed by atoms with Crippen LogP contribution in [0.1, 0.15) is 18.4 Å². The summed E-state index contributed by atoms with van der Waals surface area (Å²) < 4.78 is 7.21. The number of rotatable bonds is 6. The van der Waals surface area contributed by atoms with E-state index in [0.29, 0.717) is 13.2 Å². The predicted molar refractivity (Wildman–Crippen MR) is 104 cm³/mol. The van der Waals surface area contributed by atoms with E-state index in [-0.39, 0.29) is 18.3 Å². The summed E-state index contributed by atoms with van der Waals surface area (Å²) in [7, 11) is 3.53. The van der Waals surface area contributed by atoms with Gasteiger partial charge in [-0.25, -0.2) is 4.68 Å². The van der Waals surface area contributed by atoms with Gasteiger partial charge in [0.1, 0.15) is 0 Å². The third-order valence-corrected chi connectivity index (χ3v) is 4.86. The van der Waals surface area contributed by atoms with E-state index < -0.39 is 5.41 Å². The lowest BCUT2D eigenvalue weighted by Crippen LogP contribution is -2.50. The highest BCUT2D eigenvalue weighted by Crippen LogP contribution is 2.31. The number of nitrogens with one attached hydrogen (secondary N) is 1. The van der Waals surface area contributed by atoms with Crippen LogP contribution in [0, 0.1) is 5.41 Å². The molecule has 0 unspecified atom stereocenters. The van der Waals surface area contributed by atoms with Gasteiger partial charge in [0.05, 0.1) is 23.9 Å². The number of benzene rings is 1. The predicted octanol–water partition coefficient (Wildman–Crippen LogP) is 2.27. The van der Waals surface area contributed by atoms with Crippen molar-refractivity contribution in [2.24, 2.45) is 5.41 Å². The first-order valence-electron chi connectivity index (χ1n) is 8.69. The van der Waals surface area contributed by atoms with Crippen LogP contribution in [0.25, 0.3) is 5.69 Å². The summed E-state index contributed by atoms with van der Waals surface area (Å²) in [6.07, 6.45) is 5.42. The molecule has 2 aromatic rings. The van der Waals surface area contributed by atoms with Crippen LogP contribution in [0.3, 0.4) is 0 Å². The van der Waals surface area contributed by atoms with E-state index >= 15 is 0 Å². The normalized spacial score (nSPS) is 15.9. The molecular weight excluding hydrogens is 352 g/mol. The van der Waals surface area contributed by atoms with Gasteiger partial charge in [0.15, 0.2) is 0 Å². The zero-order valence-electron chi connectivity index (χ0n) is 15.4. The molecule has 3 rings (SSSR count). The molecule has 7 heteroatoms. The highest BCUT2D eigenvalue weighted by Gasteiger charge is 2.41. The molecule has 1 amide bonds. The Morgan fingerprint density at radius 2 is 2.00 bits per heavy atom. The van der Waals surface area contributed by atoms with E-state index in [1.165, 1.54) is 0 Å². The maximum absolute atomic E-state index is 13.1. The smallest absolute Gasteiger partial charge is 0.231 e. The number of carbonyl (C=O) groups is 1. The Kier molecular flexibility index (Phi) is 7.20. The lowest BCUT2D eigenvalue weighted by molar-refractivity contribution is -0.146. The van der Waals surface area contributed by atoms with Gasteiger partial charge in [-0.2, -0.15) is 5.10 Å². The van der Waals surface area contributed by atoms with E-state index in [1.807, 2.05) is 54.5 Å². The summed E-state index contributed by atoms with van der Waals surface area (Å²) in [6, 6.07) is 9.97. The minimum absolute atomic E-state index is 0. The number of halogens is 1. The number of carbonyl (C=O) groups excluding carboxylic acids is 1. The number of ether oxygens (including phenoxy) is 1. The fraction of sp³-hybridized carbons (Fsp3) is 0.474. The first-order chi connectivity index (χ1) is 12.1. The van der Waals surface area contributed by atoms with Crippen molar-refractivity contribution in [3.63, 3.8) is 0 Å². The van der Waals surface area contributed by atoms with Crippen LogP contribution >= 0.6 is 12.4 Å². The highest BCUT2D eigenvalue weighted by atomic mass is 35.5. The number of para-hydroxylation sites is 1. The summed E-state index contributed by atoms with van der Waals surface area (Å²) >= 11 is 0. The Bertz CT molecular complexity index is 693. The van der Waals surface area contributed by atoms with Gasteiger partial charge >= 0.3 is 0 Å². The van der Waals surface area contributed by atoms with E-state index in [0.717, 1.165) is 37.2 Å². The molecule has 1 aliphatic heterocycles. The van der Waals surface area contributed by atoms with E-state index in [9.17, 15) is 4.79 Å². The Balaban J connectivity index is 0.00000243. The van der Waals surface area contributed by atoms with E-state index in [1.54, 1.807) is 12.0 Å². The lowest BCUT2D eigenvalue weighted by atomic mass is 9.78. The molecule has 1 saturated heterocycles. The molecule has 0 spiro atoms. The Hall–Kier alpha value is -1.89. The van der Waals surface area contributed by atoms with Crippen LogP contribution in [-0.2, 0) is 16.1 Å². The first kappa shape index (κ1) is 20.4. The van der Waals surface area contributed by atoms with Gasteiger partial charge in [-0.15, -0.1) is 12.4 Å². The molecule has 1 aliphatic rings. The van der Waals surface area contributed by atoms with Gasteiger partial charge in [0, 0.05) is 32.5 Å². The van der Waals surface area contributed by atoms with E-state index in [2.05, 4.69) is 10.4 Å². The van der Waals surface area contributed by atoms with Crippen LogP contribution in [0.5, 0.6) is 0 Å². The summed E-state index contributed by atoms with van der Waals surface area (Å²) in [5.74, 6) is 0.156. The van der Waals surface area contributed by atoms with Gasteiger partial charge in [0.2, 0.25) is 5.91 Å². The Morgan fingerprint density at radius 3 is 2.65 bits per heavy atom. The standard InChI is InChI=1S/C19H26N4O2.ClH/c1-22(18(24)19(15-25-2)8-10-20-11-9-19)13-16-12-21-23(14-16)17-6-4-3-5-7-17;/h3-7,12,14,20H,8-11,13,15H2,1-2H3;1H. The molecule has 1 fully saturated rings. The number of methoxy groups -OCH3 is 1. The second-order valence-corrected chi connectivity index (χ2v) is 6.75. The van der Waals surface area contributed by atoms with Gasteiger partial charge in [-0.3, -0.25) is 4.79 Å². The molecule has 142 valence electrons. The van der Waals surface area contributed by atoms with Crippen molar-refractivity contribution in [2.45, 2.75) is 19.4 Å². The molecule has 0 bridgehead atoms. The van der Waals surface area contributed by atoms with Gasteiger partial charge in [-0.05, 0) is 38.1 Å². The number of nitrogens with zero attached hydrogens (tertiary/aromatic N) is 3. The van der Waals surface area contributed by atoms with Crippen LogP contribution < -0.4 is 5.32 Å². The summed E-state index contributed by atoms with van der Waals surface area (Å²) in [5.41, 5.74) is 1.61. The zero-order chi connectivity index (χ0) is 17.7. The Morgan fingerprint density at radius 1 is 1.31 bits per heavy atom. The SMILES string of the molecule is COCC1(C(=O)N(C)Cc2cnn(-c3ccccc3)c2)CCNCC1.Cl. The van der Waals surface area contributed by atoms with Crippen LogP contribution in [0.4, 0.5) is 0 Å². The first-order valence-corrected chi connectivity index (χ1v) is 8.69.